The number of amides is 1. The van der Waals surface area contributed by atoms with E-state index in [-0.39, 0.29) is 11.7 Å². The third-order valence-electron chi connectivity index (χ3n) is 3.12. The van der Waals surface area contributed by atoms with Crippen LogP contribution in [0.2, 0.25) is 0 Å². The van der Waals surface area contributed by atoms with E-state index in [0.29, 0.717) is 23.2 Å². The number of benzene rings is 1. The molecule has 1 aliphatic rings. The van der Waals surface area contributed by atoms with Gasteiger partial charge in [-0.1, -0.05) is 15.9 Å². The summed E-state index contributed by atoms with van der Waals surface area (Å²) in [6.45, 7) is 2.63. The minimum atomic E-state index is -1.39. The zero-order valence-corrected chi connectivity index (χ0v) is 13.2. The van der Waals surface area contributed by atoms with E-state index in [1.807, 2.05) is 11.8 Å². The molecule has 0 heterocycles. The molecule has 0 spiro atoms. The smallest absolute Gasteiger partial charge is 0.235 e. The fraction of sp³-hybridized carbons (Fsp3) is 0.462. The van der Waals surface area contributed by atoms with Crippen molar-refractivity contribution < 1.29 is 9.00 Å². The average molecular weight is 345 g/mol. The number of hydrogen-bond donors (Lipinski definition) is 1. The van der Waals surface area contributed by atoms with Crippen LogP contribution in [0.5, 0.6) is 0 Å². The van der Waals surface area contributed by atoms with Crippen molar-refractivity contribution in [2.45, 2.75) is 30.7 Å². The Morgan fingerprint density at radius 1 is 1.53 bits per heavy atom. The van der Waals surface area contributed by atoms with Crippen molar-refractivity contribution in [2.24, 2.45) is 0 Å². The second-order valence-corrected chi connectivity index (χ2v) is 6.92. The van der Waals surface area contributed by atoms with E-state index >= 15 is 0 Å². The lowest BCUT2D eigenvalue weighted by Gasteiger charge is -2.20. The minimum absolute atomic E-state index is 0.00495. The SMILES string of the molecule is CCN(C(=O)CS(=O)c1cc(Br)ccc1N)C1CC1. The van der Waals surface area contributed by atoms with E-state index in [1.165, 1.54) is 0 Å². The largest absolute Gasteiger partial charge is 0.398 e. The molecule has 0 aliphatic heterocycles. The number of carbonyl (C=O) groups excluding carboxylic acids is 1. The molecule has 1 amide bonds. The molecule has 0 bridgehead atoms. The zero-order valence-electron chi connectivity index (χ0n) is 10.8. The second kappa shape index (κ2) is 6.05. The van der Waals surface area contributed by atoms with Crippen LogP contribution in [0.15, 0.2) is 27.6 Å². The highest BCUT2D eigenvalue weighted by Gasteiger charge is 2.32. The van der Waals surface area contributed by atoms with Gasteiger partial charge in [-0.3, -0.25) is 9.00 Å². The van der Waals surface area contributed by atoms with Crippen molar-refractivity contribution in [2.75, 3.05) is 18.0 Å². The predicted molar refractivity (Wildman–Crippen MR) is 80.2 cm³/mol. The molecule has 1 aromatic carbocycles. The second-order valence-electron chi connectivity index (χ2n) is 4.58. The molecule has 0 saturated heterocycles. The van der Waals surface area contributed by atoms with E-state index in [1.54, 1.807) is 18.2 Å². The minimum Gasteiger partial charge on any atom is -0.398 e. The molecule has 1 aliphatic carbocycles. The van der Waals surface area contributed by atoms with Gasteiger partial charge < -0.3 is 10.6 Å². The Bertz CT molecular complexity index is 517. The summed E-state index contributed by atoms with van der Waals surface area (Å²) in [5.74, 6) is -0.0481. The lowest BCUT2D eigenvalue weighted by molar-refractivity contribution is -0.128. The van der Waals surface area contributed by atoms with E-state index in [2.05, 4.69) is 15.9 Å². The summed E-state index contributed by atoms with van der Waals surface area (Å²) in [5.41, 5.74) is 6.27. The van der Waals surface area contributed by atoms with E-state index in [9.17, 15) is 9.00 Å². The molecule has 6 heteroatoms. The van der Waals surface area contributed by atoms with Crippen LogP contribution in [-0.2, 0) is 15.6 Å². The Hall–Kier alpha value is -0.880. The van der Waals surface area contributed by atoms with Gasteiger partial charge in [0.1, 0.15) is 5.75 Å². The molecule has 1 atom stereocenters. The summed E-state index contributed by atoms with van der Waals surface area (Å²) in [5, 5.41) is 0. The number of nitrogens with zero attached hydrogens (tertiary/aromatic N) is 1. The van der Waals surface area contributed by atoms with Gasteiger partial charge in [-0.05, 0) is 38.0 Å². The van der Waals surface area contributed by atoms with Gasteiger partial charge in [0.25, 0.3) is 0 Å². The highest BCUT2D eigenvalue weighted by Crippen LogP contribution is 2.27. The lowest BCUT2D eigenvalue weighted by Crippen LogP contribution is -2.36. The number of nitrogen functional groups attached to an aromatic ring is 1. The van der Waals surface area contributed by atoms with E-state index < -0.39 is 10.8 Å². The number of nitrogens with two attached hydrogens (primary N) is 1. The number of rotatable bonds is 5. The Morgan fingerprint density at radius 2 is 2.21 bits per heavy atom. The third kappa shape index (κ3) is 3.57. The molecule has 1 saturated carbocycles. The van der Waals surface area contributed by atoms with Gasteiger partial charge in [0, 0.05) is 22.7 Å². The molecule has 104 valence electrons. The predicted octanol–water partition coefficient (Wildman–Crippen LogP) is 2.15. The van der Waals surface area contributed by atoms with Crippen LogP contribution in [0.4, 0.5) is 5.69 Å². The van der Waals surface area contributed by atoms with Crippen LogP contribution in [-0.4, -0.2) is 33.4 Å². The molecule has 0 radical (unpaired) electrons. The van der Waals surface area contributed by atoms with Gasteiger partial charge >= 0.3 is 0 Å². The molecule has 2 N–H and O–H groups in total. The summed E-state index contributed by atoms with van der Waals surface area (Å²) in [4.78, 5) is 14.5. The van der Waals surface area contributed by atoms with Crippen molar-refractivity contribution in [3.05, 3.63) is 22.7 Å². The van der Waals surface area contributed by atoms with Crippen molar-refractivity contribution in [3.8, 4) is 0 Å². The summed E-state index contributed by atoms with van der Waals surface area (Å²) in [6, 6.07) is 5.56. The molecule has 1 fully saturated rings. The van der Waals surface area contributed by atoms with E-state index in [4.69, 9.17) is 5.73 Å². The molecule has 1 aromatic rings. The Balaban J connectivity index is 2.07. The van der Waals surface area contributed by atoms with E-state index in [0.717, 1.165) is 17.3 Å². The quantitative estimate of drug-likeness (QED) is 0.832. The number of hydrogen-bond acceptors (Lipinski definition) is 3. The molecule has 1 unspecified atom stereocenters. The normalized spacial score (nSPS) is 16.1. The first-order valence-electron chi connectivity index (χ1n) is 6.25. The standard InChI is InChI=1S/C13H17BrN2O2S/c1-2-16(10-4-5-10)13(17)8-19(18)12-7-9(14)3-6-11(12)15/h3,6-7,10H,2,4-5,8,15H2,1H3. The summed E-state index contributed by atoms with van der Waals surface area (Å²) in [6.07, 6.45) is 2.12. The molecule has 19 heavy (non-hydrogen) atoms. The maximum absolute atomic E-state index is 12.3. The van der Waals surface area contributed by atoms with Gasteiger partial charge in [-0.15, -0.1) is 0 Å². The zero-order chi connectivity index (χ0) is 14.0. The van der Waals surface area contributed by atoms with Crippen molar-refractivity contribution in [1.29, 1.82) is 0 Å². The van der Waals surface area contributed by atoms with Crippen LogP contribution >= 0.6 is 15.9 Å². The van der Waals surface area contributed by atoms with Crippen LogP contribution in [0.3, 0.4) is 0 Å². The molecule has 4 nitrogen and oxygen atoms in total. The van der Waals surface area contributed by atoms with Crippen LogP contribution in [0, 0.1) is 0 Å². The van der Waals surface area contributed by atoms with Crippen LogP contribution < -0.4 is 5.73 Å². The van der Waals surface area contributed by atoms with Crippen LogP contribution in [0.25, 0.3) is 0 Å². The molecular formula is C13H17BrN2O2S. The first-order chi connectivity index (χ1) is 9.02. The number of anilines is 1. The monoisotopic (exact) mass is 344 g/mol. The fourth-order valence-electron chi connectivity index (χ4n) is 2.00. The highest BCUT2D eigenvalue weighted by atomic mass is 79.9. The molecule has 0 aromatic heterocycles. The molecule has 2 rings (SSSR count). The van der Waals surface area contributed by atoms with Crippen molar-refractivity contribution >= 4 is 38.3 Å². The highest BCUT2D eigenvalue weighted by molar-refractivity contribution is 9.10. The van der Waals surface area contributed by atoms with Gasteiger partial charge in [0.15, 0.2) is 0 Å². The Morgan fingerprint density at radius 3 is 2.79 bits per heavy atom. The maximum Gasteiger partial charge on any atom is 0.235 e. The van der Waals surface area contributed by atoms with Crippen molar-refractivity contribution in [1.82, 2.24) is 4.90 Å². The number of halogens is 1. The van der Waals surface area contributed by atoms with Gasteiger partial charge in [-0.2, -0.15) is 0 Å². The van der Waals surface area contributed by atoms with Crippen molar-refractivity contribution in [3.63, 3.8) is 0 Å². The van der Waals surface area contributed by atoms with Gasteiger partial charge in [0.2, 0.25) is 5.91 Å². The molecular weight excluding hydrogens is 328 g/mol. The summed E-state index contributed by atoms with van der Waals surface area (Å²) in [7, 11) is -1.39. The lowest BCUT2D eigenvalue weighted by atomic mass is 10.3. The first kappa shape index (κ1) is 14.5. The summed E-state index contributed by atoms with van der Waals surface area (Å²) < 4.78 is 13.1. The summed E-state index contributed by atoms with van der Waals surface area (Å²) >= 11 is 3.32. The maximum atomic E-state index is 12.3. The average Bonchev–Trinajstić information content (AvgIpc) is 3.17. The van der Waals surface area contributed by atoms with Gasteiger partial charge in [0.05, 0.1) is 15.7 Å². The fourth-order valence-corrected chi connectivity index (χ4v) is 3.65. The van der Waals surface area contributed by atoms with Gasteiger partial charge in [-0.25, -0.2) is 0 Å². The number of carbonyl (C=O) groups is 1. The third-order valence-corrected chi connectivity index (χ3v) is 4.97. The topological polar surface area (TPSA) is 63.4 Å². The van der Waals surface area contributed by atoms with Crippen LogP contribution in [0.1, 0.15) is 19.8 Å². The first-order valence-corrected chi connectivity index (χ1v) is 8.37. The Kier molecular flexibility index (Phi) is 4.62. The Labute approximate surface area is 123 Å².